The van der Waals surface area contributed by atoms with Crippen molar-refractivity contribution >= 4 is 23.2 Å². The Morgan fingerprint density at radius 2 is 1.94 bits per heavy atom. The summed E-state index contributed by atoms with van der Waals surface area (Å²) in [5, 5.41) is 4.62. The topological polar surface area (TPSA) is 21.3 Å². The molecule has 0 radical (unpaired) electrons. The third-order valence-electron chi connectivity index (χ3n) is 2.86. The first-order chi connectivity index (χ1) is 7.68. The number of rotatable bonds is 2. The molecule has 16 heavy (non-hydrogen) atoms. The van der Waals surface area contributed by atoms with Gasteiger partial charge in [-0.05, 0) is 50.6 Å². The Bertz CT molecular complexity index is 376. The van der Waals surface area contributed by atoms with Gasteiger partial charge in [0.1, 0.15) is 11.9 Å². The average molecular weight is 260 g/mol. The van der Waals surface area contributed by atoms with Crippen molar-refractivity contribution in [2.24, 2.45) is 0 Å². The largest absolute Gasteiger partial charge is 0.489 e. The highest BCUT2D eigenvalue weighted by atomic mass is 35.5. The van der Waals surface area contributed by atoms with E-state index in [0.29, 0.717) is 10.0 Å². The third-order valence-corrected chi connectivity index (χ3v) is 3.74. The molecule has 0 aliphatic carbocycles. The molecule has 0 aromatic heterocycles. The van der Waals surface area contributed by atoms with Crippen molar-refractivity contribution in [3.63, 3.8) is 0 Å². The van der Waals surface area contributed by atoms with Crippen LogP contribution in [0.1, 0.15) is 18.4 Å². The first kappa shape index (κ1) is 12.0. The lowest BCUT2D eigenvalue weighted by molar-refractivity contribution is 0.162. The maximum absolute atomic E-state index is 6.19. The highest BCUT2D eigenvalue weighted by molar-refractivity contribution is 6.36. The summed E-state index contributed by atoms with van der Waals surface area (Å²) in [5.41, 5.74) is 0.884. The van der Waals surface area contributed by atoms with Crippen LogP contribution in [0.25, 0.3) is 0 Å². The van der Waals surface area contributed by atoms with Gasteiger partial charge in [0.25, 0.3) is 0 Å². The van der Waals surface area contributed by atoms with E-state index in [1.54, 1.807) is 0 Å². The van der Waals surface area contributed by atoms with Gasteiger partial charge in [-0.2, -0.15) is 0 Å². The fourth-order valence-corrected chi connectivity index (χ4v) is 2.24. The molecule has 1 aromatic carbocycles. The van der Waals surface area contributed by atoms with Gasteiger partial charge in [0.2, 0.25) is 0 Å². The van der Waals surface area contributed by atoms with Crippen LogP contribution in [0.5, 0.6) is 5.75 Å². The first-order valence-electron chi connectivity index (χ1n) is 5.50. The van der Waals surface area contributed by atoms with Crippen molar-refractivity contribution in [2.45, 2.75) is 25.9 Å². The van der Waals surface area contributed by atoms with Crippen LogP contribution in [0.2, 0.25) is 10.0 Å². The van der Waals surface area contributed by atoms with Crippen molar-refractivity contribution in [1.29, 1.82) is 0 Å². The summed E-state index contributed by atoms with van der Waals surface area (Å²) in [6.45, 7) is 3.92. The predicted octanol–water partition coefficient (Wildman–Crippen LogP) is 3.43. The van der Waals surface area contributed by atoms with E-state index in [1.165, 1.54) is 0 Å². The van der Waals surface area contributed by atoms with Gasteiger partial charge in [-0.25, -0.2) is 0 Å². The molecule has 0 amide bonds. The van der Waals surface area contributed by atoms with Crippen LogP contribution < -0.4 is 10.1 Å². The van der Waals surface area contributed by atoms with Crippen LogP contribution in [0.4, 0.5) is 0 Å². The maximum Gasteiger partial charge on any atom is 0.138 e. The van der Waals surface area contributed by atoms with E-state index in [1.807, 2.05) is 19.1 Å². The van der Waals surface area contributed by atoms with Crippen LogP contribution in [-0.2, 0) is 0 Å². The second-order valence-corrected chi connectivity index (χ2v) is 4.84. The molecular weight excluding hydrogens is 245 g/mol. The molecule has 0 spiro atoms. The Morgan fingerprint density at radius 3 is 2.62 bits per heavy atom. The summed E-state index contributed by atoms with van der Waals surface area (Å²) < 4.78 is 5.89. The lowest BCUT2D eigenvalue weighted by atomic mass is 10.1. The van der Waals surface area contributed by atoms with Crippen LogP contribution in [-0.4, -0.2) is 19.2 Å². The molecule has 2 nitrogen and oxygen atoms in total. The normalized spacial score (nSPS) is 17.4. The average Bonchev–Trinajstić information content (AvgIpc) is 2.31. The van der Waals surface area contributed by atoms with Gasteiger partial charge in [0.05, 0.1) is 5.02 Å². The molecule has 0 unspecified atom stereocenters. The molecule has 1 heterocycles. The molecule has 1 saturated heterocycles. The number of hydrogen-bond acceptors (Lipinski definition) is 2. The van der Waals surface area contributed by atoms with Gasteiger partial charge < -0.3 is 10.1 Å². The maximum atomic E-state index is 6.19. The van der Waals surface area contributed by atoms with Crippen molar-refractivity contribution in [3.05, 3.63) is 27.7 Å². The van der Waals surface area contributed by atoms with Gasteiger partial charge in [-0.3, -0.25) is 0 Å². The summed E-state index contributed by atoms with van der Waals surface area (Å²) in [5.74, 6) is 0.746. The minimum atomic E-state index is 0.263. The zero-order valence-electron chi connectivity index (χ0n) is 9.22. The van der Waals surface area contributed by atoms with Crippen LogP contribution >= 0.6 is 23.2 Å². The zero-order valence-corrected chi connectivity index (χ0v) is 10.7. The highest BCUT2D eigenvalue weighted by Crippen LogP contribution is 2.33. The second kappa shape index (κ2) is 5.26. The van der Waals surface area contributed by atoms with E-state index >= 15 is 0 Å². The van der Waals surface area contributed by atoms with Gasteiger partial charge in [-0.15, -0.1) is 0 Å². The minimum Gasteiger partial charge on any atom is -0.489 e. The fraction of sp³-hybridized carbons (Fsp3) is 0.500. The Morgan fingerprint density at radius 1 is 1.25 bits per heavy atom. The molecule has 0 atom stereocenters. The van der Waals surface area contributed by atoms with Crippen LogP contribution in [0.15, 0.2) is 12.1 Å². The lowest BCUT2D eigenvalue weighted by Gasteiger charge is -2.24. The smallest absolute Gasteiger partial charge is 0.138 e. The van der Waals surface area contributed by atoms with Gasteiger partial charge in [0.15, 0.2) is 0 Å². The molecule has 1 N–H and O–H groups in total. The fourth-order valence-electron chi connectivity index (χ4n) is 1.82. The highest BCUT2D eigenvalue weighted by Gasteiger charge is 2.16. The van der Waals surface area contributed by atoms with E-state index in [2.05, 4.69) is 5.32 Å². The molecule has 0 bridgehead atoms. The molecular formula is C12H15Cl2NO. The van der Waals surface area contributed by atoms with E-state index in [0.717, 1.165) is 37.2 Å². The first-order valence-corrected chi connectivity index (χ1v) is 6.26. The number of halogens is 2. The Kier molecular flexibility index (Phi) is 3.95. The van der Waals surface area contributed by atoms with Crippen LogP contribution in [0.3, 0.4) is 0 Å². The SMILES string of the molecule is Cc1c(Cl)ccc(OC2CCNCC2)c1Cl. The van der Waals surface area contributed by atoms with E-state index < -0.39 is 0 Å². The predicted molar refractivity (Wildman–Crippen MR) is 67.7 cm³/mol. The standard InChI is InChI=1S/C12H15Cl2NO/c1-8-10(13)2-3-11(12(8)14)16-9-4-6-15-7-5-9/h2-3,9,15H,4-7H2,1H3. The van der Waals surface area contributed by atoms with Gasteiger partial charge in [0, 0.05) is 5.02 Å². The summed E-state index contributed by atoms with van der Waals surface area (Å²) >= 11 is 12.2. The van der Waals surface area contributed by atoms with E-state index in [-0.39, 0.29) is 6.10 Å². The minimum absolute atomic E-state index is 0.263. The molecule has 1 aliphatic rings. The molecule has 1 aromatic rings. The van der Waals surface area contributed by atoms with Crippen molar-refractivity contribution in [3.8, 4) is 5.75 Å². The van der Waals surface area contributed by atoms with Gasteiger partial charge >= 0.3 is 0 Å². The molecule has 1 fully saturated rings. The second-order valence-electron chi connectivity index (χ2n) is 4.05. The monoisotopic (exact) mass is 259 g/mol. The Balaban J connectivity index is 2.11. The molecule has 0 saturated carbocycles. The van der Waals surface area contributed by atoms with Crippen molar-refractivity contribution in [2.75, 3.05) is 13.1 Å². The number of piperidine rings is 1. The van der Waals surface area contributed by atoms with Crippen molar-refractivity contribution < 1.29 is 4.74 Å². The lowest BCUT2D eigenvalue weighted by Crippen LogP contribution is -2.34. The summed E-state index contributed by atoms with van der Waals surface area (Å²) in [4.78, 5) is 0. The van der Waals surface area contributed by atoms with Crippen LogP contribution in [0, 0.1) is 6.92 Å². The van der Waals surface area contributed by atoms with E-state index in [4.69, 9.17) is 27.9 Å². The molecule has 88 valence electrons. The third kappa shape index (κ3) is 2.62. The number of hydrogen-bond donors (Lipinski definition) is 1. The zero-order chi connectivity index (χ0) is 11.5. The number of ether oxygens (including phenoxy) is 1. The summed E-state index contributed by atoms with van der Waals surface area (Å²) in [6, 6.07) is 3.68. The van der Waals surface area contributed by atoms with E-state index in [9.17, 15) is 0 Å². The van der Waals surface area contributed by atoms with Gasteiger partial charge in [-0.1, -0.05) is 23.2 Å². The quantitative estimate of drug-likeness (QED) is 0.879. The molecule has 2 rings (SSSR count). The molecule has 1 aliphatic heterocycles. The number of benzene rings is 1. The Labute approximate surface area is 106 Å². The summed E-state index contributed by atoms with van der Waals surface area (Å²) in [6.07, 6.45) is 2.31. The number of nitrogens with one attached hydrogen (secondary N) is 1. The van der Waals surface area contributed by atoms with Crippen molar-refractivity contribution in [1.82, 2.24) is 5.32 Å². The summed E-state index contributed by atoms with van der Waals surface area (Å²) in [7, 11) is 0. The molecule has 4 heteroatoms. The Hall–Kier alpha value is -0.440.